The molecule has 0 unspecified atom stereocenters. The molecule has 7 heteroatoms. The first-order chi connectivity index (χ1) is 6.07. The van der Waals surface area contributed by atoms with Crippen LogP contribution in [0.15, 0.2) is 18.3 Å². The summed E-state index contributed by atoms with van der Waals surface area (Å²) in [5.41, 5.74) is 0.475. The van der Waals surface area contributed by atoms with Crippen LogP contribution < -0.4 is 5.57 Å². The van der Waals surface area contributed by atoms with Crippen LogP contribution in [0.1, 0.15) is 0 Å². The molecule has 0 aromatic carbocycles. The van der Waals surface area contributed by atoms with Crippen molar-refractivity contribution in [1.29, 1.82) is 0 Å². The van der Waals surface area contributed by atoms with Crippen molar-refractivity contribution in [2.24, 2.45) is 0 Å². The maximum atomic E-state index is 10.8. The van der Waals surface area contributed by atoms with Gasteiger partial charge in [-0.15, -0.1) is 0 Å². The van der Waals surface area contributed by atoms with Crippen molar-refractivity contribution in [3.8, 4) is 0 Å². The third-order valence-electron chi connectivity index (χ3n) is 1.52. The molecule has 0 fully saturated rings. The molecule has 0 amide bonds. The van der Waals surface area contributed by atoms with Gasteiger partial charge in [0, 0.05) is 6.20 Å². The van der Waals surface area contributed by atoms with E-state index in [1.54, 1.807) is 12.1 Å². The van der Waals surface area contributed by atoms with E-state index in [0.717, 1.165) is 0 Å². The van der Waals surface area contributed by atoms with Crippen LogP contribution in [0.4, 0.5) is 0 Å². The van der Waals surface area contributed by atoms with Crippen molar-refractivity contribution in [3.05, 3.63) is 18.3 Å². The Kier molecular flexibility index (Phi) is 1.69. The van der Waals surface area contributed by atoms with Crippen molar-refractivity contribution in [2.75, 3.05) is 0 Å². The summed E-state index contributed by atoms with van der Waals surface area (Å²) in [6.07, 6.45) is 1.51. The lowest BCUT2D eigenvalue weighted by atomic mass is 10.4. The van der Waals surface area contributed by atoms with Gasteiger partial charge in [0.2, 0.25) is 5.57 Å². The first-order valence-electron chi connectivity index (χ1n) is 3.44. The van der Waals surface area contributed by atoms with Gasteiger partial charge in [-0.2, -0.15) is 0 Å². The molecular formula is C6H6N3O3P. The van der Waals surface area contributed by atoms with Crippen molar-refractivity contribution < 1.29 is 14.4 Å². The van der Waals surface area contributed by atoms with E-state index in [4.69, 9.17) is 9.79 Å². The molecule has 0 atom stereocenters. The van der Waals surface area contributed by atoms with Crippen LogP contribution in [-0.4, -0.2) is 24.7 Å². The maximum absolute atomic E-state index is 10.8. The first-order valence-corrected chi connectivity index (χ1v) is 5.05. The maximum Gasteiger partial charge on any atom is 0.391 e. The van der Waals surface area contributed by atoms with Gasteiger partial charge < -0.3 is 14.8 Å². The van der Waals surface area contributed by atoms with Crippen LogP contribution in [0.2, 0.25) is 0 Å². The minimum Gasteiger partial charge on any atom is -0.330 e. The Bertz CT molecular complexity index is 456. The van der Waals surface area contributed by atoms with E-state index in [1.807, 2.05) is 0 Å². The lowest BCUT2D eigenvalue weighted by Gasteiger charge is -1.95. The molecule has 0 bridgehead atoms. The molecular weight excluding hydrogens is 193 g/mol. The highest BCUT2D eigenvalue weighted by Crippen LogP contribution is 2.31. The standard InChI is InChI=1S/C6H6N3O3P/c10-13(11,12)6-8-4-2-1-3-7-5(4)9-6/h1-3H,(H,7,8,9)(H2,10,11,12). The Morgan fingerprint density at radius 2 is 2.23 bits per heavy atom. The van der Waals surface area contributed by atoms with E-state index in [0.29, 0.717) is 11.2 Å². The molecule has 2 aromatic rings. The second-order valence-corrected chi connectivity index (χ2v) is 3.99. The minimum atomic E-state index is -4.30. The van der Waals surface area contributed by atoms with Crippen LogP contribution >= 0.6 is 7.60 Å². The van der Waals surface area contributed by atoms with Crippen molar-refractivity contribution >= 4 is 24.3 Å². The number of nitrogens with one attached hydrogen (secondary N) is 1. The number of hydrogen-bond donors (Lipinski definition) is 3. The van der Waals surface area contributed by atoms with Crippen molar-refractivity contribution in [2.45, 2.75) is 0 Å². The van der Waals surface area contributed by atoms with Gasteiger partial charge >= 0.3 is 7.60 Å². The number of imidazole rings is 1. The highest BCUT2D eigenvalue weighted by atomic mass is 31.2. The fraction of sp³-hybridized carbons (Fsp3) is 0. The second-order valence-electron chi connectivity index (χ2n) is 2.48. The summed E-state index contributed by atoms with van der Waals surface area (Å²) in [5, 5.41) is 0. The molecule has 0 radical (unpaired) electrons. The molecule has 6 nitrogen and oxygen atoms in total. The quantitative estimate of drug-likeness (QED) is 0.550. The van der Waals surface area contributed by atoms with E-state index < -0.39 is 7.60 Å². The molecule has 3 N–H and O–H groups in total. The summed E-state index contributed by atoms with van der Waals surface area (Å²) >= 11 is 0. The first kappa shape index (κ1) is 8.37. The van der Waals surface area contributed by atoms with Gasteiger partial charge in [0.15, 0.2) is 5.65 Å². The molecule has 0 saturated heterocycles. The Balaban J connectivity index is 2.69. The molecule has 68 valence electrons. The zero-order valence-corrected chi connectivity index (χ0v) is 7.27. The van der Waals surface area contributed by atoms with Crippen LogP contribution in [0.5, 0.6) is 0 Å². The summed E-state index contributed by atoms with van der Waals surface area (Å²) < 4.78 is 10.8. The Morgan fingerprint density at radius 3 is 2.85 bits per heavy atom. The zero-order chi connectivity index (χ0) is 9.47. The van der Waals surface area contributed by atoms with E-state index in [2.05, 4.69) is 15.0 Å². The summed E-state index contributed by atoms with van der Waals surface area (Å²) in [5.74, 6) is 0. The highest BCUT2D eigenvalue weighted by Gasteiger charge is 2.21. The van der Waals surface area contributed by atoms with Crippen LogP contribution in [-0.2, 0) is 4.57 Å². The number of aromatic amines is 1. The van der Waals surface area contributed by atoms with Gasteiger partial charge in [-0.3, -0.25) is 4.57 Å². The predicted octanol–water partition coefficient (Wildman–Crippen LogP) is -0.239. The molecule has 0 spiro atoms. The van der Waals surface area contributed by atoms with Crippen molar-refractivity contribution in [1.82, 2.24) is 15.0 Å². The monoisotopic (exact) mass is 199 g/mol. The molecule has 0 aliphatic heterocycles. The third kappa shape index (κ3) is 1.47. The van der Waals surface area contributed by atoms with Crippen LogP contribution in [0.3, 0.4) is 0 Å². The van der Waals surface area contributed by atoms with E-state index >= 15 is 0 Å². The Hall–Kier alpha value is -1.23. The molecule has 0 aliphatic rings. The van der Waals surface area contributed by atoms with Crippen LogP contribution in [0.25, 0.3) is 11.2 Å². The molecule has 2 heterocycles. The van der Waals surface area contributed by atoms with Crippen molar-refractivity contribution in [3.63, 3.8) is 0 Å². The molecule has 2 aromatic heterocycles. The fourth-order valence-corrected chi connectivity index (χ4v) is 1.46. The summed E-state index contributed by atoms with van der Waals surface area (Å²) in [6, 6.07) is 3.30. The number of fused-ring (bicyclic) bond motifs is 1. The van der Waals surface area contributed by atoms with E-state index in [9.17, 15) is 4.57 Å². The summed E-state index contributed by atoms with van der Waals surface area (Å²) in [4.78, 5) is 27.5. The number of aromatic nitrogens is 3. The van der Waals surface area contributed by atoms with Gasteiger partial charge in [0.05, 0.1) is 5.52 Å². The number of pyridine rings is 1. The summed E-state index contributed by atoms with van der Waals surface area (Å²) in [7, 11) is -4.30. The van der Waals surface area contributed by atoms with Gasteiger partial charge in [0.25, 0.3) is 0 Å². The Morgan fingerprint density at radius 1 is 1.46 bits per heavy atom. The molecule has 13 heavy (non-hydrogen) atoms. The Labute approximate surface area is 72.8 Å². The van der Waals surface area contributed by atoms with Gasteiger partial charge in [-0.05, 0) is 12.1 Å². The molecule has 0 saturated carbocycles. The molecule has 2 rings (SSSR count). The highest BCUT2D eigenvalue weighted by molar-refractivity contribution is 7.59. The third-order valence-corrected chi connectivity index (χ3v) is 2.28. The van der Waals surface area contributed by atoms with Crippen LogP contribution in [0, 0.1) is 0 Å². The van der Waals surface area contributed by atoms with Gasteiger partial charge in [-0.1, -0.05) is 0 Å². The topological polar surface area (TPSA) is 99.1 Å². The zero-order valence-electron chi connectivity index (χ0n) is 6.38. The predicted molar refractivity (Wildman–Crippen MR) is 45.6 cm³/mol. The smallest absolute Gasteiger partial charge is 0.330 e. The molecule has 0 aliphatic carbocycles. The second kappa shape index (κ2) is 2.63. The largest absolute Gasteiger partial charge is 0.391 e. The summed E-state index contributed by atoms with van der Waals surface area (Å²) in [6.45, 7) is 0. The van der Waals surface area contributed by atoms with Gasteiger partial charge in [-0.25, -0.2) is 9.97 Å². The lowest BCUT2D eigenvalue weighted by molar-refractivity contribution is 0.385. The van der Waals surface area contributed by atoms with E-state index in [-0.39, 0.29) is 5.57 Å². The average Bonchev–Trinajstić information content (AvgIpc) is 2.45. The van der Waals surface area contributed by atoms with E-state index in [1.165, 1.54) is 6.20 Å². The number of rotatable bonds is 1. The minimum absolute atomic E-state index is 0.306. The average molecular weight is 199 g/mol. The number of nitrogens with zero attached hydrogens (tertiary/aromatic N) is 2. The fourth-order valence-electron chi connectivity index (χ4n) is 0.970. The SMILES string of the molecule is O=P(O)(O)c1nc2ncccc2[nH]1. The lowest BCUT2D eigenvalue weighted by Crippen LogP contribution is -2.07. The number of hydrogen-bond acceptors (Lipinski definition) is 3. The normalized spacial score (nSPS) is 12.2. The number of H-pyrrole nitrogens is 1. The van der Waals surface area contributed by atoms with Gasteiger partial charge in [0.1, 0.15) is 0 Å².